The summed E-state index contributed by atoms with van der Waals surface area (Å²) < 4.78 is 7.51. The van der Waals surface area contributed by atoms with Crippen LogP contribution in [0.15, 0.2) is 47.8 Å². The van der Waals surface area contributed by atoms with Crippen molar-refractivity contribution >= 4 is 34.7 Å². The summed E-state index contributed by atoms with van der Waals surface area (Å²) in [5.41, 5.74) is 4.00. The first-order valence-electron chi connectivity index (χ1n) is 7.45. The molecule has 0 atom stereocenters. The Morgan fingerprint density at radius 3 is 2.46 bits per heavy atom. The molecule has 0 unspecified atom stereocenters. The summed E-state index contributed by atoms with van der Waals surface area (Å²) >= 11 is 7.40. The van der Waals surface area contributed by atoms with Gasteiger partial charge in [-0.3, -0.25) is 5.32 Å². The quantitative estimate of drug-likeness (QED) is 0.662. The summed E-state index contributed by atoms with van der Waals surface area (Å²) in [6.45, 7) is 4.34. The van der Waals surface area contributed by atoms with Gasteiger partial charge in [-0.1, -0.05) is 11.6 Å². The van der Waals surface area contributed by atoms with E-state index < -0.39 is 6.09 Å². The fraction of sp³-hybridized carbons (Fsp3) is 0.167. The number of anilines is 1. The second-order valence-electron chi connectivity index (χ2n) is 5.39. The summed E-state index contributed by atoms with van der Waals surface area (Å²) in [5.74, 6) is 0. The van der Waals surface area contributed by atoms with Gasteiger partial charge in [0.05, 0.1) is 10.6 Å². The van der Waals surface area contributed by atoms with Gasteiger partial charge < -0.3 is 9.30 Å². The van der Waals surface area contributed by atoms with Crippen LogP contribution in [0.5, 0.6) is 0 Å². The average molecular weight is 361 g/mol. The van der Waals surface area contributed by atoms with Crippen molar-refractivity contribution in [2.75, 3.05) is 5.32 Å². The van der Waals surface area contributed by atoms with Gasteiger partial charge in [0.2, 0.25) is 0 Å². The van der Waals surface area contributed by atoms with Gasteiger partial charge in [-0.25, -0.2) is 4.79 Å². The number of thiophene rings is 1. The van der Waals surface area contributed by atoms with Crippen LogP contribution in [0.1, 0.15) is 16.3 Å². The zero-order valence-corrected chi connectivity index (χ0v) is 14.9. The molecule has 0 saturated heterocycles. The number of carbonyl (C=O) groups is 1. The zero-order valence-electron chi connectivity index (χ0n) is 13.4. The monoisotopic (exact) mass is 360 g/mol. The number of halogens is 1. The molecule has 1 N–H and O–H groups in total. The predicted molar refractivity (Wildman–Crippen MR) is 98.4 cm³/mol. The molecule has 0 radical (unpaired) electrons. The van der Waals surface area contributed by atoms with Crippen molar-refractivity contribution in [3.63, 3.8) is 0 Å². The van der Waals surface area contributed by atoms with Crippen molar-refractivity contribution in [2.45, 2.75) is 20.5 Å². The Bertz CT molecular complexity index is 833. The van der Waals surface area contributed by atoms with Crippen molar-refractivity contribution in [1.29, 1.82) is 0 Å². The molecule has 0 aliphatic rings. The van der Waals surface area contributed by atoms with E-state index in [4.69, 9.17) is 16.3 Å². The number of benzene rings is 1. The first-order valence-corrected chi connectivity index (χ1v) is 8.71. The highest BCUT2D eigenvalue weighted by Gasteiger charge is 2.12. The van der Waals surface area contributed by atoms with Gasteiger partial charge in [-0.2, -0.15) is 0 Å². The zero-order chi connectivity index (χ0) is 17.1. The second kappa shape index (κ2) is 7.11. The molecule has 0 aliphatic heterocycles. The fourth-order valence-corrected chi connectivity index (χ4v) is 3.40. The third-order valence-electron chi connectivity index (χ3n) is 3.66. The van der Waals surface area contributed by atoms with Crippen LogP contribution >= 0.6 is 22.9 Å². The maximum absolute atomic E-state index is 12.0. The van der Waals surface area contributed by atoms with E-state index in [-0.39, 0.29) is 6.61 Å². The van der Waals surface area contributed by atoms with Gasteiger partial charge in [0, 0.05) is 22.1 Å². The number of hydrogen-bond donors (Lipinski definition) is 1. The van der Waals surface area contributed by atoms with Crippen LogP contribution in [-0.2, 0) is 11.3 Å². The van der Waals surface area contributed by atoms with Gasteiger partial charge in [-0.05, 0) is 61.7 Å². The molecule has 3 aromatic rings. The van der Waals surface area contributed by atoms with E-state index in [1.165, 1.54) is 0 Å². The van der Waals surface area contributed by atoms with Gasteiger partial charge in [-0.15, -0.1) is 11.3 Å². The molecule has 2 aromatic heterocycles. The van der Waals surface area contributed by atoms with Crippen molar-refractivity contribution in [3.8, 4) is 5.69 Å². The molecule has 6 heteroatoms. The Balaban J connectivity index is 1.66. The molecular formula is C18H17ClN2O2S. The summed E-state index contributed by atoms with van der Waals surface area (Å²) in [4.78, 5) is 13.0. The van der Waals surface area contributed by atoms with Gasteiger partial charge in [0.1, 0.15) is 6.61 Å². The van der Waals surface area contributed by atoms with Gasteiger partial charge in [0.15, 0.2) is 0 Å². The largest absolute Gasteiger partial charge is 0.443 e. The molecule has 4 nitrogen and oxygen atoms in total. The van der Waals surface area contributed by atoms with Crippen molar-refractivity contribution < 1.29 is 9.53 Å². The Hall–Kier alpha value is -2.24. The average Bonchev–Trinajstić information content (AvgIpc) is 3.14. The molecular weight excluding hydrogens is 344 g/mol. The second-order valence-corrected chi connectivity index (χ2v) is 6.83. The van der Waals surface area contributed by atoms with E-state index in [1.807, 2.05) is 11.4 Å². The van der Waals surface area contributed by atoms with Crippen LogP contribution in [0.4, 0.5) is 10.5 Å². The lowest BCUT2D eigenvalue weighted by molar-refractivity contribution is 0.156. The summed E-state index contributed by atoms with van der Waals surface area (Å²) in [6, 6.07) is 13.1. The standard InChI is InChI=1S/C18H17ClN2O2S/c1-12-3-4-13(2)21(12)16-9-10-24-17(16)11-23-18(22)20-15-7-5-14(19)6-8-15/h3-10H,11H2,1-2H3,(H,20,22). The summed E-state index contributed by atoms with van der Waals surface area (Å²) in [7, 11) is 0. The van der Waals surface area contributed by atoms with Crippen LogP contribution in [0.3, 0.4) is 0 Å². The number of rotatable bonds is 4. The van der Waals surface area contributed by atoms with E-state index in [9.17, 15) is 4.79 Å². The molecule has 3 rings (SSSR count). The first-order chi connectivity index (χ1) is 11.5. The summed E-state index contributed by atoms with van der Waals surface area (Å²) in [5, 5.41) is 5.31. The number of nitrogens with one attached hydrogen (secondary N) is 1. The molecule has 0 bridgehead atoms. The Labute approximate surface area is 149 Å². The predicted octanol–water partition coefficient (Wildman–Crippen LogP) is 5.56. The smallest absolute Gasteiger partial charge is 0.411 e. The molecule has 0 aliphatic carbocycles. The highest BCUT2D eigenvalue weighted by atomic mass is 35.5. The highest BCUT2D eigenvalue weighted by molar-refractivity contribution is 7.10. The Morgan fingerprint density at radius 1 is 1.12 bits per heavy atom. The lowest BCUT2D eigenvalue weighted by atomic mass is 10.3. The topological polar surface area (TPSA) is 43.3 Å². The Kier molecular flexibility index (Phi) is 4.92. The molecule has 0 spiro atoms. The lowest BCUT2D eigenvalue weighted by Crippen LogP contribution is -2.13. The molecule has 0 fully saturated rings. The van der Waals surface area contributed by atoms with E-state index >= 15 is 0 Å². The van der Waals surface area contributed by atoms with Crippen molar-refractivity contribution in [1.82, 2.24) is 4.57 Å². The van der Waals surface area contributed by atoms with Crippen LogP contribution in [-0.4, -0.2) is 10.7 Å². The minimum Gasteiger partial charge on any atom is -0.443 e. The van der Waals surface area contributed by atoms with Gasteiger partial charge >= 0.3 is 6.09 Å². The number of amides is 1. The van der Waals surface area contributed by atoms with Crippen molar-refractivity contribution in [2.24, 2.45) is 0 Å². The highest BCUT2D eigenvalue weighted by Crippen LogP contribution is 2.26. The van der Waals surface area contributed by atoms with Crippen LogP contribution in [0, 0.1) is 13.8 Å². The molecule has 1 amide bonds. The maximum atomic E-state index is 12.0. The number of aromatic nitrogens is 1. The van der Waals surface area contributed by atoms with E-state index in [0.29, 0.717) is 10.7 Å². The number of nitrogens with zero attached hydrogens (tertiary/aromatic N) is 1. The Morgan fingerprint density at radius 2 is 1.79 bits per heavy atom. The number of aryl methyl sites for hydroxylation is 2. The molecule has 124 valence electrons. The number of ether oxygens (including phenoxy) is 1. The molecule has 24 heavy (non-hydrogen) atoms. The normalized spacial score (nSPS) is 10.6. The van der Waals surface area contributed by atoms with Crippen LogP contribution in [0.2, 0.25) is 5.02 Å². The maximum Gasteiger partial charge on any atom is 0.411 e. The lowest BCUT2D eigenvalue weighted by Gasteiger charge is -2.11. The number of hydrogen-bond acceptors (Lipinski definition) is 3. The van der Waals surface area contributed by atoms with E-state index in [1.54, 1.807) is 35.6 Å². The third-order valence-corrected chi connectivity index (χ3v) is 4.79. The van der Waals surface area contributed by atoms with E-state index in [2.05, 4.69) is 35.9 Å². The van der Waals surface area contributed by atoms with Gasteiger partial charge in [0.25, 0.3) is 0 Å². The minimum atomic E-state index is -0.488. The third kappa shape index (κ3) is 3.63. The number of carbonyl (C=O) groups excluding carboxylic acids is 1. The minimum absolute atomic E-state index is 0.226. The summed E-state index contributed by atoms with van der Waals surface area (Å²) in [6.07, 6.45) is -0.488. The van der Waals surface area contributed by atoms with Crippen molar-refractivity contribution in [3.05, 3.63) is 69.1 Å². The fourth-order valence-electron chi connectivity index (χ4n) is 2.51. The molecule has 0 saturated carbocycles. The van der Waals surface area contributed by atoms with Crippen LogP contribution < -0.4 is 5.32 Å². The van der Waals surface area contributed by atoms with E-state index in [0.717, 1.165) is 22.0 Å². The first kappa shape index (κ1) is 16.6. The van der Waals surface area contributed by atoms with Crippen LogP contribution in [0.25, 0.3) is 5.69 Å². The SMILES string of the molecule is Cc1ccc(C)n1-c1ccsc1COC(=O)Nc1ccc(Cl)cc1. The molecule has 2 heterocycles. The molecule has 1 aromatic carbocycles.